The summed E-state index contributed by atoms with van der Waals surface area (Å²) >= 11 is 0. The molecule has 1 fully saturated rings. The van der Waals surface area contributed by atoms with Gasteiger partial charge in [-0.05, 0) is 57.4 Å². The third-order valence-electron chi connectivity index (χ3n) is 3.71. The van der Waals surface area contributed by atoms with E-state index < -0.39 is 0 Å². The van der Waals surface area contributed by atoms with Gasteiger partial charge in [-0.15, -0.1) is 10.2 Å². The molecule has 0 saturated carbocycles. The molecular weight excluding hydrogens is 296 g/mol. The summed E-state index contributed by atoms with van der Waals surface area (Å²) in [6.07, 6.45) is 2.74. The average Bonchev–Trinajstić information content (AvgIpc) is 3.08. The lowest BCUT2D eigenvalue weighted by Crippen LogP contribution is -2.11. The Kier molecular flexibility index (Phi) is 5.12. The van der Waals surface area contributed by atoms with Crippen molar-refractivity contribution in [3.63, 3.8) is 0 Å². The Labute approximate surface area is 135 Å². The van der Waals surface area contributed by atoms with Gasteiger partial charge < -0.3 is 18.6 Å². The fourth-order valence-electron chi connectivity index (χ4n) is 2.51. The minimum absolute atomic E-state index is 0.0809. The van der Waals surface area contributed by atoms with Gasteiger partial charge in [0.05, 0.1) is 6.61 Å². The number of hydrogen-bond donors (Lipinski definition) is 0. The Morgan fingerprint density at radius 3 is 2.65 bits per heavy atom. The van der Waals surface area contributed by atoms with E-state index in [1.165, 1.54) is 0 Å². The van der Waals surface area contributed by atoms with Gasteiger partial charge in [0.2, 0.25) is 5.89 Å². The molecule has 0 aliphatic carbocycles. The lowest BCUT2D eigenvalue weighted by Gasteiger charge is -2.19. The molecule has 23 heavy (non-hydrogen) atoms. The summed E-state index contributed by atoms with van der Waals surface area (Å²) in [5.41, 5.74) is 0. The third-order valence-corrected chi connectivity index (χ3v) is 3.71. The standard InChI is InChI=1S/C17H22N2O4/c1-3-20-13-7-9-14(10-8-13)22-12(2)16-18-19-17(23-16)15-6-4-5-11-21-15/h7-10,12,15H,3-6,11H2,1-2H3. The quantitative estimate of drug-likeness (QED) is 0.806. The maximum atomic E-state index is 5.84. The molecule has 1 aromatic heterocycles. The van der Waals surface area contributed by atoms with Crippen molar-refractivity contribution in [2.75, 3.05) is 13.2 Å². The summed E-state index contributed by atoms with van der Waals surface area (Å²) in [5.74, 6) is 2.56. The van der Waals surface area contributed by atoms with Gasteiger partial charge in [0.25, 0.3) is 5.89 Å². The van der Waals surface area contributed by atoms with Crippen LogP contribution in [0.3, 0.4) is 0 Å². The van der Waals surface area contributed by atoms with E-state index in [0.29, 0.717) is 18.4 Å². The highest BCUT2D eigenvalue weighted by Gasteiger charge is 2.24. The van der Waals surface area contributed by atoms with E-state index >= 15 is 0 Å². The van der Waals surface area contributed by atoms with Gasteiger partial charge >= 0.3 is 0 Å². The van der Waals surface area contributed by atoms with Crippen molar-refractivity contribution in [3.05, 3.63) is 36.0 Å². The maximum absolute atomic E-state index is 5.84. The second kappa shape index (κ2) is 7.46. The number of ether oxygens (including phenoxy) is 3. The van der Waals surface area contributed by atoms with Crippen molar-refractivity contribution in [1.82, 2.24) is 10.2 Å². The largest absolute Gasteiger partial charge is 0.494 e. The smallest absolute Gasteiger partial charge is 0.256 e. The predicted molar refractivity (Wildman–Crippen MR) is 83.5 cm³/mol. The number of rotatable bonds is 6. The van der Waals surface area contributed by atoms with Crippen molar-refractivity contribution in [1.29, 1.82) is 0 Å². The normalized spacial score (nSPS) is 19.3. The fourth-order valence-corrected chi connectivity index (χ4v) is 2.51. The van der Waals surface area contributed by atoms with Gasteiger partial charge in [0.15, 0.2) is 6.10 Å². The molecule has 6 heteroatoms. The van der Waals surface area contributed by atoms with Crippen LogP contribution in [0.5, 0.6) is 11.5 Å². The first-order chi connectivity index (χ1) is 11.3. The van der Waals surface area contributed by atoms with Crippen LogP contribution in [0.4, 0.5) is 0 Å². The SMILES string of the molecule is CCOc1ccc(OC(C)c2nnc(C3CCCCO3)o2)cc1. The van der Waals surface area contributed by atoms with Crippen molar-refractivity contribution in [2.24, 2.45) is 0 Å². The van der Waals surface area contributed by atoms with Crippen LogP contribution < -0.4 is 9.47 Å². The van der Waals surface area contributed by atoms with Gasteiger partial charge in [0, 0.05) is 6.61 Å². The van der Waals surface area contributed by atoms with Gasteiger partial charge in [-0.25, -0.2) is 0 Å². The van der Waals surface area contributed by atoms with Crippen molar-refractivity contribution in [3.8, 4) is 11.5 Å². The van der Waals surface area contributed by atoms with Crippen LogP contribution in [0.25, 0.3) is 0 Å². The van der Waals surface area contributed by atoms with Crippen molar-refractivity contribution >= 4 is 0 Å². The second-order valence-electron chi connectivity index (χ2n) is 5.50. The molecule has 1 aromatic carbocycles. The molecule has 6 nitrogen and oxygen atoms in total. The van der Waals surface area contributed by atoms with Crippen LogP contribution in [0.2, 0.25) is 0 Å². The second-order valence-corrected chi connectivity index (χ2v) is 5.50. The zero-order chi connectivity index (χ0) is 16.1. The van der Waals surface area contributed by atoms with E-state index in [9.17, 15) is 0 Å². The molecule has 0 spiro atoms. The maximum Gasteiger partial charge on any atom is 0.256 e. The zero-order valence-corrected chi connectivity index (χ0v) is 13.5. The highest BCUT2D eigenvalue weighted by molar-refractivity contribution is 5.31. The Hall–Kier alpha value is -2.08. The molecule has 3 rings (SSSR count). The molecule has 2 atom stereocenters. The Morgan fingerprint density at radius 2 is 1.96 bits per heavy atom. The highest BCUT2D eigenvalue weighted by Crippen LogP contribution is 2.29. The topological polar surface area (TPSA) is 66.6 Å². The van der Waals surface area contributed by atoms with Gasteiger partial charge in [-0.3, -0.25) is 0 Å². The van der Waals surface area contributed by atoms with Crippen LogP contribution in [-0.4, -0.2) is 23.4 Å². The van der Waals surface area contributed by atoms with Crippen LogP contribution >= 0.6 is 0 Å². The van der Waals surface area contributed by atoms with Crippen molar-refractivity contribution < 1.29 is 18.6 Å². The van der Waals surface area contributed by atoms with Gasteiger partial charge in [0.1, 0.15) is 17.6 Å². The summed E-state index contributed by atoms with van der Waals surface area (Å²) in [6, 6.07) is 7.48. The zero-order valence-electron chi connectivity index (χ0n) is 13.5. The van der Waals surface area contributed by atoms with Crippen LogP contribution in [0, 0.1) is 0 Å². The van der Waals surface area contributed by atoms with Crippen LogP contribution in [0.15, 0.2) is 28.7 Å². The lowest BCUT2D eigenvalue weighted by molar-refractivity contribution is -0.00312. The molecule has 1 saturated heterocycles. The average molecular weight is 318 g/mol. The fraction of sp³-hybridized carbons (Fsp3) is 0.529. The molecule has 2 heterocycles. The molecule has 1 aliphatic rings. The predicted octanol–water partition coefficient (Wildman–Crippen LogP) is 3.85. The molecule has 1 aliphatic heterocycles. The van der Waals surface area contributed by atoms with E-state index in [2.05, 4.69) is 10.2 Å². The molecular formula is C17H22N2O4. The number of aromatic nitrogens is 2. The van der Waals surface area contributed by atoms with E-state index in [1.54, 1.807) is 0 Å². The van der Waals surface area contributed by atoms with Crippen LogP contribution in [-0.2, 0) is 4.74 Å². The van der Waals surface area contributed by atoms with Gasteiger partial charge in [-0.1, -0.05) is 0 Å². The first kappa shape index (κ1) is 15.8. The Morgan fingerprint density at radius 1 is 1.17 bits per heavy atom. The van der Waals surface area contributed by atoms with Crippen LogP contribution in [0.1, 0.15) is 57.1 Å². The molecule has 2 unspecified atom stereocenters. The minimum Gasteiger partial charge on any atom is -0.494 e. The van der Waals surface area contributed by atoms with E-state index in [1.807, 2.05) is 38.1 Å². The molecule has 2 aromatic rings. The highest BCUT2D eigenvalue weighted by atomic mass is 16.5. The van der Waals surface area contributed by atoms with E-state index in [-0.39, 0.29) is 12.2 Å². The molecule has 0 amide bonds. The summed E-state index contributed by atoms with van der Waals surface area (Å²) in [6.45, 7) is 5.23. The summed E-state index contributed by atoms with van der Waals surface area (Å²) in [4.78, 5) is 0. The monoisotopic (exact) mass is 318 g/mol. The third kappa shape index (κ3) is 4.01. The summed E-state index contributed by atoms with van der Waals surface area (Å²) in [5, 5.41) is 8.19. The number of hydrogen-bond acceptors (Lipinski definition) is 6. The Bertz CT molecular complexity index is 605. The number of benzene rings is 1. The molecule has 124 valence electrons. The van der Waals surface area contributed by atoms with E-state index in [0.717, 1.165) is 37.4 Å². The Balaban J connectivity index is 1.61. The summed E-state index contributed by atoms with van der Waals surface area (Å²) < 4.78 is 22.6. The molecule has 0 bridgehead atoms. The minimum atomic E-state index is -0.321. The van der Waals surface area contributed by atoms with Gasteiger partial charge in [-0.2, -0.15) is 0 Å². The first-order valence-electron chi connectivity index (χ1n) is 8.10. The molecule has 0 N–H and O–H groups in total. The summed E-state index contributed by atoms with van der Waals surface area (Å²) in [7, 11) is 0. The lowest BCUT2D eigenvalue weighted by atomic mass is 10.1. The number of nitrogens with zero attached hydrogens (tertiary/aromatic N) is 2. The first-order valence-corrected chi connectivity index (χ1v) is 8.10. The van der Waals surface area contributed by atoms with E-state index in [4.69, 9.17) is 18.6 Å². The van der Waals surface area contributed by atoms with Crippen molar-refractivity contribution in [2.45, 2.75) is 45.3 Å². The molecule has 0 radical (unpaired) electrons.